The van der Waals surface area contributed by atoms with E-state index >= 15 is 0 Å². The molecule has 8 heteroatoms. The van der Waals surface area contributed by atoms with Gasteiger partial charge in [-0.25, -0.2) is 14.9 Å². The van der Waals surface area contributed by atoms with Crippen LogP contribution in [0.15, 0.2) is 53.3 Å². The number of hydrogen-bond acceptors (Lipinski definition) is 6. The van der Waals surface area contributed by atoms with Crippen LogP contribution < -0.4 is 10.3 Å². The van der Waals surface area contributed by atoms with Crippen LogP contribution in [0.25, 0.3) is 21.8 Å². The van der Waals surface area contributed by atoms with Gasteiger partial charge in [-0.1, -0.05) is 29.8 Å². The monoisotopic (exact) mass is 367 g/mol. The second-order valence-electron chi connectivity index (χ2n) is 5.46. The lowest BCUT2D eigenvalue weighted by atomic mass is 10.1. The highest BCUT2D eigenvalue weighted by molar-refractivity contribution is 6.31. The average Bonchev–Trinajstić information content (AvgIpc) is 2.64. The van der Waals surface area contributed by atoms with Gasteiger partial charge in [0.25, 0.3) is 11.4 Å². The van der Waals surface area contributed by atoms with Gasteiger partial charge in [-0.3, -0.25) is 4.79 Å². The number of aromatic amines is 1. The molecule has 0 saturated heterocycles. The number of carbonyl (C=O) groups is 1. The molecule has 0 aliphatic rings. The number of carbonyl (C=O) groups excluding carboxylic acids is 1. The quantitative estimate of drug-likeness (QED) is 0.416. The molecule has 0 amide bonds. The maximum Gasteiger partial charge on any atom is 0.344 e. The Hall–Kier alpha value is -3.45. The third kappa shape index (κ3) is 2.64. The van der Waals surface area contributed by atoms with Crippen LogP contribution in [0.4, 0.5) is 0 Å². The Morgan fingerprint density at radius 3 is 2.69 bits per heavy atom. The number of nitrogens with zero attached hydrogens (tertiary/aromatic N) is 2. The number of pyridine rings is 1. The van der Waals surface area contributed by atoms with Crippen molar-refractivity contribution in [2.24, 2.45) is 0 Å². The van der Waals surface area contributed by atoms with Crippen molar-refractivity contribution in [2.45, 2.75) is 0 Å². The molecule has 0 unspecified atom stereocenters. The van der Waals surface area contributed by atoms with E-state index in [0.717, 1.165) is 0 Å². The van der Waals surface area contributed by atoms with Crippen LogP contribution in [-0.2, 0) is 0 Å². The summed E-state index contributed by atoms with van der Waals surface area (Å²) in [5.41, 5.74) is -0.104. The minimum absolute atomic E-state index is 0.0483. The Morgan fingerprint density at radius 2 is 1.92 bits per heavy atom. The first kappa shape index (κ1) is 16.0. The summed E-state index contributed by atoms with van der Waals surface area (Å²) in [7, 11) is 0. The van der Waals surface area contributed by atoms with Crippen LogP contribution in [-0.4, -0.2) is 26.3 Å². The minimum Gasteiger partial charge on any atom is -0.506 e. The number of esters is 1. The Bertz CT molecular complexity index is 1220. The molecule has 0 aliphatic carbocycles. The predicted octanol–water partition coefficient (Wildman–Crippen LogP) is 3.05. The minimum atomic E-state index is -0.679. The summed E-state index contributed by atoms with van der Waals surface area (Å²) >= 11 is 5.94. The Labute approximate surface area is 150 Å². The summed E-state index contributed by atoms with van der Waals surface area (Å²) in [5.74, 6) is -1.19. The number of benzene rings is 2. The molecule has 26 heavy (non-hydrogen) atoms. The number of aromatic nitrogens is 3. The molecule has 2 aromatic carbocycles. The second-order valence-corrected chi connectivity index (χ2v) is 5.90. The van der Waals surface area contributed by atoms with Gasteiger partial charge in [0.15, 0.2) is 0 Å². The van der Waals surface area contributed by atoms with Gasteiger partial charge in [-0.15, -0.1) is 5.10 Å². The van der Waals surface area contributed by atoms with Gasteiger partial charge >= 0.3 is 5.97 Å². The van der Waals surface area contributed by atoms with Gasteiger partial charge in [0, 0.05) is 10.4 Å². The number of halogens is 1. The molecule has 4 aromatic rings. The number of hydrogen-bond donors (Lipinski definition) is 2. The molecule has 0 aliphatic heterocycles. The highest BCUT2D eigenvalue weighted by atomic mass is 35.5. The molecule has 128 valence electrons. The SMILES string of the molecule is O=C(Oc1n[nH]c(=O)c2nc3cc(Cl)ccc3c(O)c12)c1ccccc1. The van der Waals surface area contributed by atoms with Crippen molar-refractivity contribution >= 4 is 39.4 Å². The Morgan fingerprint density at radius 1 is 1.15 bits per heavy atom. The molecule has 7 nitrogen and oxygen atoms in total. The molecule has 0 saturated carbocycles. The standard InChI is InChI=1S/C18H10ClN3O4/c19-10-6-7-11-12(8-10)20-14-13(15(11)23)17(22-21-16(14)24)26-18(25)9-4-2-1-3-5-9/h1-8H,(H,20,23)(H,21,24). The third-order valence-electron chi connectivity index (χ3n) is 3.81. The zero-order valence-electron chi connectivity index (χ0n) is 13.1. The number of H-pyrrole nitrogens is 1. The molecule has 0 spiro atoms. The van der Waals surface area contributed by atoms with E-state index in [1.807, 2.05) is 0 Å². The zero-order chi connectivity index (χ0) is 18.3. The van der Waals surface area contributed by atoms with E-state index < -0.39 is 11.5 Å². The van der Waals surface area contributed by atoms with Crippen molar-refractivity contribution < 1.29 is 14.6 Å². The van der Waals surface area contributed by atoms with Crippen molar-refractivity contribution in [1.82, 2.24) is 15.2 Å². The van der Waals surface area contributed by atoms with Crippen LogP contribution in [0.3, 0.4) is 0 Å². The van der Waals surface area contributed by atoms with Crippen molar-refractivity contribution in [3.8, 4) is 11.6 Å². The topological polar surface area (TPSA) is 105 Å². The summed E-state index contributed by atoms with van der Waals surface area (Å²) in [6, 6.07) is 12.9. The maximum atomic E-state index is 12.3. The highest BCUT2D eigenvalue weighted by Crippen LogP contribution is 2.35. The Kier molecular flexibility index (Phi) is 3.78. The second kappa shape index (κ2) is 6.12. The molecule has 2 aromatic heterocycles. The van der Waals surface area contributed by atoms with Crippen LogP contribution in [0, 0.1) is 0 Å². The fraction of sp³-hybridized carbons (Fsp3) is 0. The van der Waals surface area contributed by atoms with Crippen molar-refractivity contribution in [2.75, 3.05) is 0 Å². The summed E-state index contributed by atoms with van der Waals surface area (Å²) in [4.78, 5) is 28.6. The third-order valence-corrected chi connectivity index (χ3v) is 4.04. The molecule has 0 radical (unpaired) electrons. The van der Waals surface area contributed by atoms with E-state index in [0.29, 0.717) is 21.5 Å². The van der Waals surface area contributed by atoms with Gasteiger partial charge < -0.3 is 9.84 Å². The van der Waals surface area contributed by atoms with Crippen LogP contribution in [0.2, 0.25) is 5.02 Å². The first-order chi connectivity index (χ1) is 12.5. The van der Waals surface area contributed by atoms with E-state index in [-0.39, 0.29) is 22.5 Å². The van der Waals surface area contributed by atoms with Gasteiger partial charge in [-0.05, 0) is 30.3 Å². The molecule has 0 atom stereocenters. The van der Waals surface area contributed by atoms with E-state index in [9.17, 15) is 14.7 Å². The number of nitrogens with one attached hydrogen (secondary N) is 1. The van der Waals surface area contributed by atoms with E-state index in [1.165, 1.54) is 6.07 Å². The van der Waals surface area contributed by atoms with Gasteiger partial charge in [0.05, 0.1) is 11.1 Å². The lowest BCUT2D eigenvalue weighted by molar-refractivity contribution is 0.0728. The predicted molar refractivity (Wildman–Crippen MR) is 95.7 cm³/mol. The van der Waals surface area contributed by atoms with Gasteiger partial charge in [0.1, 0.15) is 16.7 Å². The molecule has 2 heterocycles. The fourth-order valence-electron chi connectivity index (χ4n) is 2.59. The zero-order valence-corrected chi connectivity index (χ0v) is 13.8. The van der Waals surface area contributed by atoms with E-state index in [4.69, 9.17) is 16.3 Å². The molecule has 2 N–H and O–H groups in total. The van der Waals surface area contributed by atoms with E-state index in [1.54, 1.807) is 42.5 Å². The molecular weight excluding hydrogens is 358 g/mol. The van der Waals surface area contributed by atoms with Crippen LogP contribution in [0.5, 0.6) is 11.6 Å². The molecule has 0 fully saturated rings. The molecular formula is C18H10ClN3O4. The number of fused-ring (bicyclic) bond motifs is 2. The van der Waals surface area contributed by atoms with Crippen molar-refractivity contribution in [3.63, 3.8) is 0 Å². The fourth-order valence-corrected chi connectivity index (χ4v) is 2.76. The summed E-state index contributed by atoms with van der Waals surface area (Å²) in [5, 5.41) is 17.3. The lowest BCUT2D eigenvalue weighted by Gasteiger charge is -2.09. The first-order valence-corrected chi connectivity index (χ1v) is 7.90. The summed E-state index contributed by atoms with van der Waals surface area (Å²) in [6.07, 6.45) is 0. The van der Waals surface area contributed by atoms with Crippen molar-refractivity contribution in [1.29, 1.82) is 0 Å². The number of aromatic hydroxyl groups is 1. The molecule has 0 bridgehead atoms. The normalized spacial score (nSPS) is 11.0. The summed E-state index contributed by atoms with van der Waals surface area (Å²) in [6.45, 7) is 0. The van der Waals surface area contributed by atoms with Crippen LogP contribution >= 0.6 is 11.6 Å². The van der Waals surface area contributed by atoms with Crippen molar-refractivity contribution in [3.05, 3.63) is 69.5 Å². The number of ether oxygens (including phenoxy) is 1. The average molecular weight is 368 g/mol. The van der Waals surface area contributed by atoms with E-state index in [2.05, 4.69) is 15.2 Å². The summed E-state index contributed by atoms with van der Waals surface area (Å²) < 4.78 is 5.28. The Balaban J connectivity index is 1.93. The first-order valence-electron chi connectivity index (χ1n) is 7.52. The largest absolute Gasteiger partial charge is 0.506 e. The number of rotatable bonds is 2. The lowest BCUT2D eigenvalue weighted by Crippen LogP contribution is -2.15. The van der Waals surface area contributed by atoms with Crippen LogP contribution in [0.1, 0.15) is 10.4 Å². The van der Waals surface area contributed by atoms with Gasteiger partial charge in [-0.2, -0.15) is 0 Å². The highest BCUT2D eigenvalue weighted by Gasteiger charge is 2.20. The maximum absolute atomic E-state index is 12.3. The smallest absolute Gasteiger partial charge is 0.344 e. The van der Waals surface area contributed by atoms with Gasteiger partial charge in [0.2, 0.25) is 0 Å². The molecule has 4 rings (SSSR count).